The standard InChI is InChI=1S/C31H41N5O5S2/c1-31(2)30(40)34-24(21-41-20-22-12-5-3-6-13-22)29(39)36-18-11-15-25(36)28(38)33-23(27(37)35-31)14-7-4-10-19-42-43-26-16-8-9-17-32-26/h3,5-6,8-9,12-13,16-17,23-25H,4,7,10-11,14-15,18-21H2,1-2H3,(H,33,38)(H,34,40)(H,35,37)/t23?,24-,25+/m0/s1. The summed E-state index contributed by atoms with van der Waals surface area (Å²) in [7, 11) is 3.38. The van der Waals surface area contributed by atoms with Crippen LogP contribution in [0.5, 0.6) is 0 Å². The Balaban J connectivity index is 1.37. The zero-order valence-corrected chi connectivity index (χ0v) is 26.4. The van der Waals surface area contributed by atoms with Crippen molar-refractivity contribution in [2.45, 2.75) is 87.7 Å². The van der Waals surface area contributed by atoms with Crippen molar-refractivity contribution in [3.8, 4) is 0 Å². The molecule has 0 radical (unpaired) electrons. The van der Waals surface area contributed by atoms with Gasteiger partial charge in [-0.05, 0) is 68.0 Å². The van der Waals surface area contributed by atoms with Crippen molar-refractivity contribution < 1.29 is 23.9 Å². The number of nitrogens with one attached hydrogen (secondary N) is 3. The highest BCUT2D eigenvalue weighted by atomic mass is 33.1. The molecule has 4 rings (SSSR count). The fourth-order valence-electron chi connectivity index (χ4n) is 5.06. The summed E-state index contributed by atoms with van der Waals surface area (Å²) in [6.45, 7) is 3.79. The molecule has 0 saturated carbocycles. The molecule has 3 N–H and O–H groups in total. The monoisotopic (exact) mass is 627 g/mol. The van der Waals surface area contributed by atoms with E-state index in [-0.39, 0.29) is 25.0 Å². The minimum atomic E-state index is -1.32. The number of hydrogen-bond donors (Lipinski definition) is 3. The highest BCUT2D eigenvalue weighted by Gasteiger charge is 2.42. The number of pyridine rings is 1. The van der Waals surface area contributed by atoms with E-state index in [0.29, 0.717) is 25.8 Å². The van der Waals surface area contributed by atoms with Crippen LogP contribution < -0.4 is 16.0 Å². The molecular formula is C31H41N5O5S2. The fourth-order valence-corrected chi connectivity index (χ4v) is 7.08. The lowest BCUT2D eigenvalue weighted by Gasteiger charge is -2.34. The number of ether oxygens (including phenoxy) is 1. The molecular weight excluding hydrogens is 587 g/mol. The lowest BCUT2D eigenvalue weighted by molar-refractivity contribution is -0.145. The van der Waals surface area contributed by atoms with Gasteiger partial charge in [0, 0.05) is 18.5 Å². The Morgan fingerprint density at radius 2 is 1.74 bits per heavy atom. The van der Waals surface area contributed by atoms with Crippen molar-refractivity contribution in [3.05, 3.63) is 60.3 Å². The summed E-state index contributed by atoms with van der Waals surface area (Å²) in [6, 6.07) is 12.9. The summed E-state index contributed by atoms with van der Waals surface area (Å²) >= 11 is 0. The number of carbonyl (C=O) groups is 4. The highest BCUT2D eigenvalue weighted by Crippen LogP contribution is 2.30. The van der Waals surface area contributed by atoms with Crippen LogP contribution in [0.25, 0.3) is 0 Å². The average Bonchev–Trinajstić information content (AvgIpc) is 3.50. The molecule has 12 heteroatoms. The first kappa shape index (κ1) is 32.8. The molecule has 232 valence electrons. The number of fused-ring (bicyclic) bond motifs is 1. The summed E-state index contributed by atoms with van der Waals surface area (Å²) in [6.07, 6.45) is 5.94. The smallest absolute Gasteiger partial charge is 0.248 e. The molecule has 1 aromatic carbocycles. The molecule has 2 fully saturated rings. The summed E-state index contributed by atoms with van der Waals surface area (Å²) in [5, 5.41) is 9.48. The third-order valence-electron chi connectivity index (χ3n) is 7.48. The molecule has 1 unspecified atom stereocenters. The minimum Gasteiger partial charge on any atom is -0.374 e. The van der Waals surface area contributed by atoms with Crippen molar-refractivity contribution in [3.63, 3.8) is 0 Å². The molecule has 3 heterocycles. The Bertz CT molecular complexity index is 1230. The van der Waals surface area contributed by atoms with E-state index in [9.17, 15) is 19.2 Å². The maximum atomic E-state index is 13.7. The number of hydrogen-bond acceptors (Lipinski definition) is 8. The zero-order chi connectivity index (χ0) is 30.7. The number of nitrogens with zero attached hydrogens (tertiary/aromatic N) is 2. The average molecular weight is 628 g/mol. The molecule has 3 atom stereocenters. The molecule has 4 amide bonds. The number of aromatic nitrogens is 1. The van der Waals surface area contributed by atoms with Crippen LogP contribution in [-0.4, -0.2) is 76.1 Å². The van der Waals surface area contributed by atoms with Gasteiger partial charge < -0.3 is 25.6 Å². The first-order valence-electron chi connectivity index (χ1n) is 14.8. The lowest BCUT2D eigenvalue weighted by Crippen LogP contribution is -2.65. The normalized spacial score (nSPS) is 22.6. The molecule has 43 heavy (non-hydrogen) atoms. The van der Waals surface area contributed by atoms with Crippen molar-refractivity contribution in [1.82, 2.24) is 25.8 Å². The van der Waals surface area contributed by atoms with Gasteiger partial charge >= 0.3 is 0 Å². The largest absolute Gasteiger partial charge is 0.374 e. The van der Waals surface area contributed by atoms with Crippen molar-refractivity contribution >= 4 is 45.2 Å². The first-order valence-corrected chi connectivity index (χ1v) is 17.1. The van der Waals surface area contributed by atoms with E-state index in [4.69, 9.17) is 4.74 Å². The SMILES string of the molecule is CC1(C)NC(=O)C(CCCCCSSc2ccccn2)NC(=O)[C@H]2CCCN2C(=O)[C@H](COCc2ccccc2)NC1=O. The fraction of sp³-hybridized carbons (Fsp3) is 0.516. The molecule has 1 aromatic heterocycles. The number of benzene rings is 1. The maximum Gasteiger partial charge on any atom is 0.248 e. The van der Waals surface area contributed by atoms with E-state index < -0.39 is 35.5 Å². The predicted molar refractivity (Wildman–Crippen MR) is 168 cm³/mol. The molecule has 10 nitrogen and oxygen atoms in total. The summed E-state index contributed by atoms with van der Waals surface area (Å²) in [4.78, 5) is 59.7. The van der Waals surface area contributed by atoms with Crippen LogP contribution in [0.4, 0.5) is 0 Å². The van der Waals surface area contributed by atoms with Gasteiger partial charge in [0.2, 0.25) is 23.6 Å². The lowest BCUT2D eigenvalue weighted by atomic mass is 10.00. The number of carbonyl (C=O) groups excluding carboxylic acids is 4. The van der Waals surface area contributed by atoms with Gasteiger partial charge in [0.15, 0.2) is 0 Å². The van der Waals surface area contributed by atoms with Crippen LogP contribution in [0, 0.1) is 0 Å². The third-order valence-corrected chi connectivity index (χ3v) is 9.83. The van der Waals surface area contributed by atoms with Crippen molar-refractivity contribution in [2.75, 3.05) is 18.9 Å². The molecule has 2 aliphatic rings. The van der Waals surface area contributed by atoms with Crippen LogP contribution in [0.3, 0.4) is 0 Å². The van der Waals surface area contributed by atoms with Crippen molar-refractivity contribution in [2.24, 2.45) is 0 Å². The molecule has 0 aliphatic carbocycles. The second-order valence-electron chi connectivity index (χ2n) is 11.3. The summed E-state index contributed by atoms with van der Waals surface area (Å²) < 4.78 is 5.83. The quantitative estimate of drug-likeness (QED) is 0.241. The Hall–Kier alpha value is -3.09. The van der Waals surface area contributed by atoms with Crippen LogP contribution in [0.2, 0.25) is 0 Å². The first-order chi connectivity index (χ1) is 20.7. The molecule has 2 aromatic rings. The van der Waals surface area contributed by atoms with Gasteiger partial charge in [-0.25, -0.2) is 4.98 Å². The number of unbranched alkanes of at least 4 members (excludes halogenated alkanes) is 2. The Morgan fingerprint density at radius 3 is 2.51 bits per heavy atom. The van der Waals surface area contributed by atoms with E-state index >= 15 is 0 Å². The number of amides is 4. The van der Waals surface area contributed by atoms with E-state index in [1.807, 2.05) is 48.5 Å². The third kappa shape index (κ3) is 9.70. The van der Waals surface area contributed by atoms with Crippen LogP contribution >= 0.6 is 21.6 Å². The van der Waals surface area contributed by atoms with E-state index in [1.54, 1.807) is 41.6 Å². The van der Waals surface area contributed by atoms with Crippen molar-refractivity contribution in [1.29, 1.82) is 0 Å². The number of rotatable bonds is 12. The topological polar surface area (TPSA) is 130 Å². The van der Waals surface area contributed by atoms with Gasteiger partial charge in [-0.2, -0.15) is 0 Å². The predicted octanol–water partition coefficient (Wildman–Crippen LogP) is 3.47. The maximum absolute atomic E-state index is 13.7. The minimum absolute atomic E-state index is 0.0599. The second kappa shape index (κ2) is 16.1. The summed E-state index contributed by atoms with van der Waals surface area (Å²) in [5.74, 6) is -0.679. The Morgan fingerprint density at radius 1 is 0.953 bits per heavy atom. The molecule has 0 bridgehead atoms. The summed E-state index contributed by atoms with van der Waals surface area (Å²) in [5.41, 5.74) is -0.380. The van der Waals surface area contributed by atoms with Gasteiger partial charge in [-0.3, -0.25) is 19.2 Å². The molecule has 0 spiro atoms. The van der Waals surface area contributed by atoms with E-state index in [1.165, 1.54) is 4.90 Å². The van der Waals surface area contributed by atoms with Gasteiger partial charge in [0.05, 0.1) is 13.2 Å². The van der Waals surface area contributed by atoms with E-state index in [0.717, 1.165) is 35.6 Å². The van der Waals surface area contributed by atoms with Gasteiger partial charge in [0.25, 0.3) is 0 Å². The Kier molecular flexibility index (Phi) is 12.3. The van der Waals surface area contributed by atoms with Crippen LogP contribution in [-0.2, 0) is 30.5 Å². The molecule has 2 aliphatic heterocycles. The van der Waals surface area contributed by atoms with Gasteiger partial charge in [-0.1, -0.05) is 60.0 Å². The highest BCUT2D eigenvalue weighted by molar-refractivity contribution is 8.76. The van der Waals surface area contributed by atoms with Gasteiger partial charge in [0.1, 0.15) is 28.7 Å². The Labute approximate surface area is 261 Å². The van der Waals surface area contributed by atoms with Crippen LogP contribution in [0.1, 0.15) is 57.9 Å². The zero-order valence-electron chi connectivity index (χ0n) is 24.8. The molecule has 2 saturated heterocycles. The second-order valence-corrected chi connectivity index (χ2v) is 13.8. The van der Waals surface area contributed by atoms with E-state index in [2.05, 4.69) is 20.9 Å². The van der Waals surface area contributed by atoms with Gasteiger partial charge in [-0.15, -0.1) is 0 Å². The van der Waals surface area contributed by atoms with Crippen LogP contribution in [0.15, 0.2) is 59.8 Å².